The van der Waals surface area contributed by atoms with E-state index in [2.05, 4.69) is 5.11 Å². The monoisotopic (exact) mass is 374 g/mol. The van der Waals surface area contributed by atoms with E-state index in [1.807, 2.05) is 0 Å². The number of hydrogen-bond donors (Lipinski definition) is 3. The van der Waals surface area contributed by atoms with Crippen molar-refractivity contribution in [2.24, 2.45) is 5.11 Å². The van der Waals surface area contributed by atoms with E-state index < -0.39 is 20.8 Å². The van der Waals surface area contributed by atoms with Crippen molar-refractivity contribution in [3.05, 3.63) is 59.3 Å². The predicted octanol–water partition coefficient (Wildman–Crippen LogP) is 3.73. The molecule has 0 radical (unpaired) electrons. The second-order valence-electron chi connectivity index (χ2n) is 5.63. The molecule has 8 nitrogen and oxygen atoms in total. The number of nitrogens with zero attached hydrogens (tertiary/aromatic N) is 2. The second kappa shape index (κ2) is 6.28. The van der Waals surface area contributed by atoms with Crippen LogP contribution < -0.4 is 0 Å². The zero-order chi connectivity index (χ0) is 19.1. The van der Waals surface area contributed by atoms with E-state index >= 15 is 0 Å². The molecule has 134 valence electrons. The van der Waals surface area contributed by atoms with Gasteiger partial charge in [-0.15, -0.1) is 0 Å². The maximum Gasteiger partial charge on any atom is 0.295 e. The number of rotatable bonds is 3. The lowest BCUT2D eigenvalue weighted by molar-refractivity contribution is -0.436. The summed E-state index contributed by atoms with van der Waals surface area (Å²) in [6.07, 6.45) is 0. The number of aromatic hydroxyl groups is 2. The van der Waals surface area contributed by atoms with Crippen LogP contribution in [0.5, 0.6) is 11.5 Å². The number of phenols is 2. The summed E-state index contributed by atoms with van der Waals surface area (Å²) in [7, 11) is -4.60. The van der Waals surface area contributed by atoms with E-state index in [4.69, 9.17) is 0 Å². The van der Waals surface area contributed by atoms with Crippen LogP contribution in [0.4, 0.5) is 11.4 Å². The molecule has 0 aromatic heterocycles. The van der Waals surface area contributed by atoms with Gasteiger partial charge in [-0.25, -0.2) is 0 Å². The zero-order valence-electron chi connectivity index (χ0n) is 13.5. The highest BCUT2D eigenvalue weighted by atomic mass is 32.2. The molecule has 0 aliphatic heterocycles. The third-order valence-electron chi connectivity index (χ3n) is 3.76. The molecule has 0 saturated heterocycles. The maximum atomic E-state index is 12.4. The van der Waals surface area contributed by atoms with Crippen LogP contribution in [0.2, 0.25) is 0 Å². The number of benzene rings is 3. The Balaban J connectivity index is 2.30. The summed E-state index contributed by atoms with van der Waals surface area (Å²) < 4.78 is 32.4. The summed E-state index contributed by atoms with van der Waals surface area (Å²) >= 11 is 0. The minimum absolute atomic E-state index is 0.0911. The van der Waals surface area contributed by atoms with Crippen LogP contribution in [-0.2, 0) is 10.1 Å². The van der Waals surface area contributed by atoms with Gasteiger partial charge in [0.1, 0.15) is 10.6 Å². The Morgan fingerprint density at radius 3 is 2.31 bits per heavy atom. The van der Waals surface area contributed by atoms with Crippen LogP contribution in [0, 0.1) is 12.1 Å². The smallest absolute Gasteiger partial charge is 0.295 e. The van der Waals surface area contributed by atoms with Crippen molar-refractivity contribution in [3.8, 4) is 11.5 Å². The minimum atomic E-state index is -4.60. The molecule has 26 heavy (non-hydrogen) atoms. The molecule has 0 atom stereocenters. The van der Waals surface area contributed by atoms with E-state index in [1.54, 1.807) is 25.1 Å². The third kappa shape index (κ3) is 3.17. The molecule has 0 spiro atoms. The molecule has 0 bridgehead atoms. The fourth-order valence-corrected chi connectivity index (χ4v) is 3.28. The summed E-state index contributed by atoms with van der Waals surface area (Å²) in [6.45, 7) is 1.73. The van der Waals surface area contributed by atoms with E-state index in [0.717, 1.165) is 6.07 Å². The molecule has 3 N–H and O–H groups in total. The number of aryl methyl sites for hydroxylation is 1. The highest BCUT2D eigenvalue weighted by Crippen LogP contribution is 2.40. The Labute approximate surface area is 148 Å². The van der Waals surface area contributed by atoms with Crippen molar-refractivity contribution in [3.63, 3.8) is 0 Å². The molecule has 0 aliphatic rings. The molecule has 0 amide bonds. The van der Waals surface area contributed by atoms with Gasteiger partial charge in [-0.2, -0.15) is 8.42 Å². The minimum Gasteiger partial charge on any atom is -0.594 e. The van der Waals surface area contributed by atoms with Gasteiger partial charge in [-0.3, -0.25) is 4.55 Å². The molecule has 0 aliphatic carbocycles. The van der Waals surface area contributed by atoms with Gasteiger partial charge in [-0.1, -0.05) is 30.3 Å². The van der Waals surface area contributed by atoms with Gasteiger partial charge in [0.15, 0.2) is 11.4 Å². The Morgan fingerprint density at radius 2 is 1.65 bits per heavy atom. The SMILES string of the molecule is Cc1ccc(O)c([N+]([O-])=Nc2c(O)cc(S(=O)(=O)O)c3ccccc23)c1. The lowest BCUT2D eigenvalue weighted by atomic mass is 10.1. The lowest BCUT2D eigenvalue weighted by Gasteiger charge is -2.09. The van der Waals surface area contributed by atoms with Crippen molar-refractivity contribution < 1.29 is 28.0 Å². The van der Waals surface area contributed by atoms with Crippen LogP contribution in [0.1, 0.15) is 5.56 Å². The first-order chi connectivity index (χ1) is 12.2. The van der Waals surface area contributed by atoms with E-state index in [9.17, 15) is 28.4 Å². The number of hydrogen-bond acceptors (Lipinski definition) is 6. The number of azo groups is 1. The van der Waals surface area contributed by atoms with Crippen molar-refractivity contribution in [2.75, 3.05) is 0 Å². The first-order valence-electron chi connectivity index (χ1n) is 7.39. The Hall–Kier alpha value is -3.17. The predicted molar refractivity (Wildman–Crippen MR) is 93.6 cm³/mol. The molecule has 9 heteroatoms. The van der Waals surface area contributed by atoms with Crippen LogP contribution in [0.3, 0.4) is 0 Å². The normalized spacial score (nSPS) is 12.5. The molecule has 0 saturated carbocycles. The second-order valence-corrected chi connectivity index (χ2v) is 7.02. The van der Waals surface area contributed by atoms with E-state index in [0.29, 0.717) is 5.56 Å². The Bertz CT molecular complexity index is 1160. The lowest BCUT2D eigenvalue weighted by Crippen LogP contribution is -1.99. The fourth-order valence-electron chi connectivity index (χ4n) is 2.56. The van der Waals surface area contributed by atoms with Crippen molar-refractivity contribution in [1.82, 2.24) is 0 Å². The molecule has 3 aromatic rings. The standard InChI is InChI=1S/C17H14N2O6S/c1-10-6-7-14(20)13(8-10)19(22)18-17-12-5-3-2-4-11(12)16(9-15(17)21)26(23,24)25/h2-9,20-21H,1H3,(H,23,24,25). The third-order valence-corrected chi connectivity index (χ3v) is 4.66. The fraction of sp³-hybridized carbons (Fsp3) is 0.0588. The quantitative estimate of drug-likeness (QED) is 0.277. The van der Waals surface area contributed by atoms with Crippen LogP contribution in [0.25, 0.3) is 10.8 Å². The van der Waals surface area contributed by atoms with Crippen molar-refractivity contribution in [1.29, 1.82) is 0 Å². The van der Waals surface area contributed by atoms with Gasteiger partial charge in [0.2, 0.25) is 0 Å². The molecule has 0 fully saturated rings. The van der Waals surface area contributed by atoms with Crippen molar-refractivity contribution in [2.45, 2.75) is 11.8 Å². The summed E-state index contributed by atoms with van der Waals surface area (Å²) in [6, 6.07) is 11.2. The van der Waals surface area contributed by atoms with Crippen LogP contribution in [-0.4, -0.2) is 28.0 Å². The van der Waals surface area contributed by atoms with Gasteiger partial charge in [-0.05, 0) is 23.4 Å². The van der Waals surface area contributed by atoms with Crippen LogP contribution >= 0.6 is 0 Å². The summed E-state index contributed by atoms with van der Waals surface area (Å²) in [5.41, 5.74) is 0.390. The molecule has 0 heterocycles. The van der Waals surface area contributed by atoms with E-state index in [-0.39, 0.29) is 32.8 Å². The number of phenolic OH excluding ortho intramolecular Hbond substituents is 2. The van der Waals surface area contributed by atoms with Gasteiger partial charge in [0.05, 0.1) is 0 Å². The largest absolute Gasteiger partial charge is 0.594 e. The average molecular weight is 374 g/mol. The van der Waals surface area contributed by atoms with Gasteiger partial charge in [0.25, 0.3) is 15.8 Å². The first-order valence-corrected chi connectivity index (χ1v) is 8.83. The van der Waals surface area contributed by atoms with Crippen molar-refractivity contribution >= 4 is 32.3 Å². The highest BCUT2D eigenvalue weighted by Gasteiger charge is 2.21. The zero-order valence-corrected chi connectivity index (χ0v) is 14.3. The van der Waals surface area contributed by atoms with Gasteiger partial charge in [0, 0.05) is 28.0 Å². The Morgan fingerprint density at radius 1 is 1.00 bits per heavy atom. The summed E-state index contributed by atoms with van der Waals surface area (Å²) in [5.74, 6) is -0.906. The average Bonchev–Trinajstić information content (AvgIpc) is 2.58. The molecule has 3 rings (SSSR count). The van der Waals surface area contributed by atoms with Gasteiger partial charge < -0.3 is 15.4 Å². The Kier molecular flexibility index (Phi) is 4.26. The molecule has 0 unspecified atom stereocenters. The summed E-state index contributed by atoms with van der Waals surface area (Å²) in [5, 5.41) is 36.4. The first kappa shape index (κ1) is 17.6. The molecular weight excluding hydrogens is 360 g/mol. The molecule has 3 aromatic carbocycles. The maximum absolute atomic E-state index is 12.4. The van der Waals surface area contributed by atoms with Gasteiger partial charge >= 0.3 is 0 Å². The number of fused-ring (bicyclic) bond motifs is 1. The molecular formula is C17H14N2O6S. The van der Waals surface area contributed by atoms with Crippen LogP contribution in [0.15, 0.2) is 58.5 Å². The summed E-state index contributed by atoms with van der Waals surface area (Å²) in [4.78, 5) is -0.364. The highest BCUT2D eigenvalue weighted by molar-refractivity contribution is 7.86. The topological polar surface area (TPSA) is 133 Å². The van der Waals surface area contributed by atoms with E-state index in [1.165, 1.54) is 24.3 Å².